The second kappa shape index (κ2) is 5.48. The highest BCUT2D eigenvalue weighted by atomic mass is 32.2. The fraction of sp³-hybridized carbons (Fsp3) is 0.538. The Hall–Kier alpha value is -0.830. The van der Waals surface area contributed by atoms with Crippen LogP contribution in [-0.4, -0.2) is 25.7 Å². The lowest BCUT2D eigenvalue weighted by Gasteiger charge is -2.22. The molecule has 2 rings (SSSR count). The average Bonchev–Trinajstić information content (AvgIpc) is 2.39. The van der Waals surface area contributed by atoms with Gasteiger partial charge in [-0.15, -0.1) is 0 Å². The van der Waals surface area contributed by atoms with Gasteiger partial charge >= 0.3 is 0 Å². The molecular formula is C13H18O2S. The summed E-state index contributed by atoms with van der Waals surface area (Å²) >= 11 is 2.05. The number of hydrogen-bond acceptors (Lipinski definition) is 3. The standard InChI is InChI=1S/C13H18O2S/c1-14-12-6-5-10(8-13(12)15-2)11-4-3-7-16-9-11/h5-6,8,11H,3-4,7,9H2,1-2H3. The smallest absolute Gasteiger partial charge is 0.160 e. The van der Waals surface area contributed by atoms with E-state index in [4.69, 9.17) is 9.47 Å². The minimum atomic E-state index is 0.679. The van der Waals surface area contributed by atoms with E-state index in [0.29, 0.717) is 5.92 Å². The minimum Gasteiger partial charge on any atom is -0.493 e. The van der Waals surface area contributed by atoms with Crippen molar-refractivity contribution >= 4 is 11.8 Å². The predicted octanol–water partition coefficient (Wildman–Crippen LogP) is 3.31. The molecule has 3 heteroatoms. The maximum absolute atomic E-state index is 5.34. The van der Waals surface area contributed by atoms with Crippen LogP contribution in [0.3, 0.4) is 0 Å². The largest absolute Gasteiger partial charge is 0.493 e. The van der Waals surface area contributed by atoms with E-state index in [9.17, 15) is 0 Å². The van der Waals surface area contributed by atoms with Gasteiger partial charge in [0.2, 0.25) is 0 Å². The fourth-order valence-corrected chi connectivity index (χ4v) is 3.29. The highest BCUT2D eigenvalue weighted by molar-refractivity contribution is 7.99. The fourth-order valence-electron chi connectivity index (χ4n) is 2.11. The molecule has 0 bridgehead atoms. The first kappa shape index (κ1) is 11.6. The van der Waals surface area contributed by atoms with Gasteiger partial charge in [0.25, 0.3) is 0 Å². The van der Waals surface area contributed by atoms with Gasteiger partial charge in [-0.25, -0.2) is 0 Å². The molecule has 0 amide bonds. The van der Waals surface area contributed by atoms with Gasteiger partial charge in [-0.05, 0) is 42.2 Å². The molecule has 1 unspecified atom stereocenters. The van der Waals surface area contributed by atoms with E-state index >= 15 is 0 Å². The summed E-state index contributed by atoms with van der Waals surface area (Å²) in [7, 11) is 3.37. The molecule has 1 aliphatic heterocycles. The third-order valence-corrected chi connectivity index (χ3v) is 4.25. The van der Waals surface area contributed by atoms with Crippen molar-refractivity contribution in [3.63, 3.8) is 0 Å². The van der Waals surface area contributed by atoms with Crippen LogP contribution in [0.15, 0.2) is 18.2 Å². The zero-order valence-corrected chi connectivity index (χ0v) is 10.7. The summed E-state index contributed by atoms with van der Waals surface area (Å²) in [5, 5.41) is 0. The average molecular weight is 238 g/mol. The third-order valence-electron chi connectivity index (χ3n) is 3.04. The van der Waals surface area contributed by atoms with Gasteiger partial charge in [0.15, 0.2) is 11.5 Å². The maximum Gasteiger partial charge on any atom is 0.160 e. The number of rotatable bonds is 3. The van der Waals surface area contributed by atoms with Crippen molar-refractivity contribution in [2.24, 2.45) is 0 Å². The van der Waals surface area contributed by atoms with Crippen molar-refractivity contribution in [3.8, 4) is 11.5 Å². The maximum atomic E-state index is 5.34. The molecule has 0 N–H and O–H groups in total. The van der Waals surface area contributed by atoms with Gasteiger partial charge in [0.1, 0.15) is 0 Å². The SMILES string of the molecule is COc1ccc(C2CCCSC2)cc1OC. The van der Waals surface area contributed by atoms with E-state index < -0.39 is 0 Å². The first-order chi connectivity index (χ1) is 7.85. The second-order valence-corrected chi connectivity index (χ2v) is 5.18. The lowest BCUT2D eigenvalue weighted by atomic mass is 9.95. The number of thioether (sulfide) groups is 1. The second-order valence-electron chi connectivity index (χ2n) is 4.03. The van der Waals surface area contributed by atoms with Gasteiger partial charge in [-0.2, -0.15) is 11.8 Å². The van der Waals surface area contributed by atoms with Crippen LogP contribution in [-0.2, 0) is 0 Å². The molecule has 0 radical (unpaired) electrons. The summed E-state index contributed by atoms with van der Waals surface area (Å²) in [6, 6.07) is 6.29. The molecule has 88 valence electrons. The molecule has 1 heterocycles. The molecular weight excluding hydrogens is 220 g/mol. The summed E-state index contributed by atoms with van der Waals surface area (Å²) in [6.07, 6.45) is 2.62. The molecule has 1 saturated heterocycles. The van der Waals surface area contributed by atoms with E-state index in [0.717, 1.165) is 11.5 Å². The molecule has 0 saturated carbocycles. The zero-order valence-electron chi connectivity index (χ0n) is 9.86. The summed E-state index contributed by atoms with van der Waals surface area (Å²) in [5.74, 6) is 4.88. The Morgan fingerprint density at radius 1 is 1.19 bits per heavy atom. The van der Waals surface area contributed by atoms with Crippen LogP contribution in [0.2, 0.25) is 0 Å². The predicted molar refractivity (Wildman–Crippen MR) is 68.8 cm³/mol. The van der Waals surface area contributed by atoms with Crippen molar-refractivity contribution < 1.29 is 9.47 Å². The number of hydrogen-bond donors (Lipinski definition) is 0. The Kier molecular flexibility index (Phi) is 3.99. The quantitative estimate of drug-likeness (QED) is 0.805. The van der Waals surface area contributed by atoms with Gasteiger partial charge in [-0.1, -0.05) is 6.07 Å². The Bertz CT molecular complexity index is 346. The summed E-state index contributed by atoms with van der Waals surface area (Å²) in [6.45, 7) is 0. The van der Waals surface area contributed by atoms with Gasteiger partial charge < -0.3 is 9.47 Å². The molecule has 2 nitrogen and oxygen atoms in total. The zero-order chi connectivity index (χ0) is 11.4. The Morgan fingerprint density at radius 2 is 2.00 bits per heavy atom. The van der Waals surface area contributed by atoms with Crippen LogP contribution in [0.5, 0.6) is 11.5 Å². The number of ether oxygens (including phenoxy) is 2. The van der Waals surface area contributed by atoms with E-state index in [1.54, 1.807) is 14.2 Å². The Morgan fingerprint density at radius 3 is 2.62 bits per heavy atom. The van der Waals surface area contributed by atoms with Crippen molar-refractivity contribution in [2.45, 2.75) is 18.8 Å². The molecule has 0 spiro atoms. The normalized spacial score (nSPS) is 20.5. The third kappa shape index (κ3) is 2.46. The van der Waals surface area contributed by atoms with Crippen LogP contribution < -0.4 is 9.47 Å². The highest BCUT2D eigenvalue weighted by Gasteiger charge is 2.17. The minimum absolute atomic E-state index is 0.679. The number of benzene rings is 1. The molecule has 1 aromatic carbocycles. The van der Waals surface area contributed by atoms with Crippen molar-refractivity contribution in [1.29, 1.82) is 0 Å². The first-order valence-electron chi connectivity index (χ1n) is 5.65. The van der Waals surface area contributed by atoms with Crippen molar-refractivity contribution in [3.05, 3.63) is 23.8 Å². The summed E-state index contributed by atoms with van der Waals surface area (Å²) < 4.78 is 10.6. The molecule has 1 fully saturated rings. The molecule has 0 aliphatic carbocycles. The van der Waals surface area contributed by atoms with E-state index in [1.165, 1.54) is 29.9 Å². The Labute approximate surface area is 101 Å². The van der Waals surface area contributed by atoms with E-state index in [2.05, 4.69) is 12.1 Å². The molecule has 1 atom stereocenters. The monoisotopic (exact) mass is 238 g/mol. The summed E-state index contributed by atoms with van der Waals surface area (Å²) in [5.41, 5.74) is 1.38. The first-order valence-corrected chi connectivity index (χ1v) is 6.80. The molecule has 0 aromatic heterocycles. The van der Waals surface area contributed by atoms with Gasteiger partial charge in [0.05, 0.1) is 14.2 Å². The molecule has 1 aromatic rings. The van der Waals surface area contributed by atoms with Crippen LogP contribution >= 0.6 is 11.8 Å². The van der Waals surface area contributed by atoms with E-state index in [1.807, 2.05) is 17.8 Å². The lowest BCUT2D eigenvalue weighted by Crippen LogP contribution is -2.08. The van der Waals surface area contributed by atoms with Gasteiger partial charge in [0, 0.05) is 5.75 Å². The number of methoxy groups -OCH3 is 2. The van der Waals surface area contributed by atoms with Crippen molar-refractivity contribution in [1.82, 2.24) is 0 Å². The van der Waals surface area contributed by atoms with Crippen LogP contribution in [0.25, 0.3) is 0 Å². The summed E-state index contributed by atoms with van der Waals surface area (Å²) in [4.78, 5) is 0. The lowest BCUT2D eigenvalue weighted by molar-refractivity contribution is 0.354. The van der Waals surface area contributed by atoms with Crippen LogP contribution in [0, 0.1) is 0 Å². The van der Waals surface area contributed by atoms with Crippen molar-refractivity contribution in [2.75, 3.05) is 25.7 Å². The Balaban J connectivity index is 2.20. The van der Waals surface area contributed by atoms with Crippen LogP contribution in [0.1, 0.15) is 24.3 Å². The van der Waals surface area contributed by atoms with Crippen LogP contribution in [0.4, 0.5) is 0 Å². The van der Waals surface area contributed by atoms with E-state index in [-0.39, 0.29) is 0 Å². The molecule has 1 aliphatic rings. The topological polar surface area (TPSA) is 18.5 Å². The molecule has 16 heavy (non-hydrogen) atoms. The highest BCUT2D eigenvalue weighted by Crippen LogP contribution is 2.35. The van der Waals surface area contributed by atoms with Gasteiger partial charge in [-0.3, -0.25) is 0 Å².